The Morgan fingerprint density at radius 1 is 0.926 bits per heavy atom. The van der Waals surface area contributed by atoms with Crippen LogP contribution in [0.4, 0.5) is 11.4 Å². The lowest BCUT2D eigenvalue weighted by molar-refractivity contribution is 0.372. The molecular weight excluding hydrogens is 340 g/mol. The van der Waals surface area contributed by atoms with Crippen molar-refractivity contribution in [1.82, 2.24) is 0 Å². The molecule has 5 heteroatoms. The molecule has 1 saturated heterocycles. The van der Waals surface area contributed by atoms with Crippen molar-refractivity contribution in [3.8, 4) is 17.2 Å². The maximum atomic E-state index is 5.63. The van der Waals surface area contributed by atoms with Crippen molar-refractivity contribution >= 4 is 11.4 Å². The van der Waals surface area contributed by atoms with Crippen LogP contribution in [0.5, 0.6) is 17.2 Å². The normalized spacial score (nSPS) is 14.8. The first-order valence-corrected chi connectivity index (χ1v) is 9.27. The van der Waals surface area contributed by atoms with Gasteiger partial charge in [0.2, 0.25) is 0 Å². The molecule has 2 aromatic rings. The summed E-state index contributed by atoms with van der Waals surface area (Å²) in [5, 5.41) is 0. The Labute approximate surface area is 162 Å². The van der Waals surface area contributed by atoms with Crippen molar-refractivity contribution in [1.29, 1.82) is 0 Å². The molecule has 0 unspecified atom stereocenters. The first-order chi connectivity index (χ1) is 13.1. The number of methoxy groups -OCH3 is 3. The van der Waals surface area contributed by atoms with E-state index in [0.717, 1.165) is 54.4 Å². The van der Waals surface area contributed by atoms with E-state index < -0.39 is 0 Å². The van der Waals surface area contributed by atoms with Crippen molar-refractivity contribution in [2.45, 2.75) is 18.9 Å². The molecule has 0 N–H and O–H groups in total. The van der Waals surface area contributed by atoms with Crippen LogP contribution in [0.3, 0.4) is 0 Å². The fourth-order valence-corrected chi connectivity index (χ4v) is 3.74. The highest BCUT2D eigenvalue weighted by Gasteiger charge is 2.27. The summed E-state index contributed by atoms with van der Waals surface area (Å²) in [6.07, 6.45) is 2.14. The standard InChI is InChI=1S/C22H29N2O3/c1-16-6-8-18(9-7-16)24-12-10-17(11-13-24)23(2)22-20(26-4)14-19(25-3)15-21(22)27-5/h6-9,14-15,17H,1,10-13H2,2-5H3. The molecule has 1 aliphatic heterocycles. The average molecular weight is 369 g/mol. The molecule has 3 rings (SSSR count). The van der Waals surface area contributed by atoms with Crippen LogP contribution in [-0.2, 0) is 0 Å². The van der Waals surface area contributed by atoms with E-state index in [1.165, 1.54) is 5.69 Å². The van der Waals surface area contributed by atoms with E-state index in [4.69, 9.17) is 14.2 Å². The van der Waals surface area contributed by atoms with Gasteiger partial charge in [0.1, 0.15) is 22.9 Å². The molecule has 0 bridgehead atoms. The molecule has 0 saturated carbocycles. The van der Waals surface area contributed by atoms with Gasteiger partial charge in [0, 0.05) is 44.0 Å². The largest absolute Gasteiger partial charge is 0.496 e. The van der Waals surface area contributed by atoms with Crippen molar-refractivity contribution in [2.75, 3.05) is 51.3 Å². The highest BCUT2D eigenvalue weighted by molar-refractivity contribution is 5.70. The molecule has 1 fully saturated rings. The van der Waals surface area contributed by atoms with Crippen LogP contribution in [0.25, 0.3) is 0 Å². The lowest BCUT2D eigenvalue weighted by Gasteiger charge is -2.39. The smallest absolute Gasteiger partial charge is 0.149 e. The lowest BCUT2D eigenvalue weighted by atomic mass is 10.0. The predicted molar refractivity (Wildman–Crippen MR) is 111 cm³/mol. The molecular formula is C22H29N2O3. The Morgan fingerprint density at radius 3 is 1.96 bits per heavy atom. The monoisotopic (exact) mass is 369 g/mol. The number of rotatable bonds is 6. The predicted octanol–water partition coefficient (Wildman–Crippen LogP) is 4.00. The van der Waals surface area contributed by atoms with Crippen LogP contribution in [-0.4, -0.2) is 47.5 Å². The van der Waals surface area contributed by atoms with Crippen molar-refractivity contribution in [3.05, 3.63) is 48.9 Å². The van der Waals surface area contributed by atoms with Crippen LogP contribution in [0, 0.1) is 6.92 Å². The highest BCUT2D eigenvalue weighted by Crippen LogP contribution is 2.42. The first kappa shape index (κ1) is 19.2. The van der Waals surface area contributed by atoms with Crippen LogP contribution >= 0.6 is 0 Å². The van der Waals surface area contributed by atoms with E-state index >= 15 is 0 Å². The van der Waals surface area contributed by atoms with Gasteiger partial charge >= 0.3 is 0 Å². The van der Waals surface area contributed by atoms with E-state index in [9.17, 15) is 0 Å². The molecule has 145 valence electrons. The molecule has 0 aromatic heterocycles. The molecule has 2 aromatic carbocycles. The van der Waals surface area contributed by atoms with Crippen LogP contribution < -0.4 is 24.0 Å². The number of hydrogen-bond acceptors (Lipinski definition) is 5. The second-order valence-electron chi connectivity index (χ2n) is 6.88. The third kappa shape index (κ3) is 4.07. The van der Waals surface area contributed by atoms with Gasteiger partial charge in [-0.2, -0.15) is 0 Å². The molecule has 5 nitrogen and oxygen atoms in total. The molecule has 27 heavy (non-hydrogen) atoms. The minimum absolute atomic E-state index is 0.421. The van der Waals surface area contributed by atoms with Gasteiger partial charge in [-0.05, 0) is 37.5 Å². The number of benzene rings is 2. The number of nitrogens with zero attached hydrogens (tertiary/aromatic N) is 2. The third-order valence-electron chi connectivity index (χ3n) is 5.36. The van der Waals surface area contributed by atoms with Crippen molar-refractivity contribution in [3.63, 3.8) is 0 Å². The number of anilines is 2. The summed E-state index contributed by atoms with van der Waals surface area (Å²) in [7, 11) is 7.12. The maximum Gasteiger partial charge on any atom is 0.149 e. The second kappa shape index (κ2) is 8.42. The minimum atomic E-state index is 0.421. The van der Waals surface area contributed by atoms with Gasteiger partial charge in [-0.3, -0.25) is 0 Å². The minimum Gasteiger partial charge on any atom is -0.496 e. The lowest BCUT2D eigenvalue weighted by Crippen LogP contribution is -2.43. The molecule has 0 amide bonds. The number of piperidine rings is 1. The van der Waals surface area contributed by atoms with Crippen molar-refractivity contribution in [2.24, 2.45) is 0 Å². The Morgan fingerprint density at radius 2 is 1.48 bits per heavy atom. The Kier molecular flexibility index (Phi) is 5.99. The molecule has 1 heterocycles. The summed E-state index contributed by atoms with van der Waals surface area (Å²) >= 11 is 0. The molecule has 1 aliphatic rings. The summed E-state index contributed by atoms with van der Waals surface area (Å²) in [6.45, 7) is 6.00. The summed E-state index contributed by atoms with van der Waals surface area (Å²) in [6, 6.07) is 12.7. The van der Waals surface area contributed by atoms with Gasteiger partial charge < -0.3 is 24.0 Å². The second-order valence-corrected chi connectivity index (χ2v) is 6.88. The van der Waals surface area contributed by atoms with Crippen LogP contribution in [0.15, 0.2) is 36.4 Å². The molecule has 0 atom stereocenters. The molecule has 1 radical (unpaired) electrons. The van der Waals surface area contributed by atoms with Gasteiger partial charge in [-0.1, -0.05) is 12.1 Å². The summed E-state index contributed by atoms with van der Waals surface area (Å²) in [5.41, 5.74) is 3.29. The van der Waals surface area contributed by atoms with Gasteiger partial charge in [-0.15, -0.1) is 0 Å². The highest BCUT2D eigenvalue weighted by atomic mass is 16.5. The average Bonchev–Trinajstić information content (AvgIpc) is 2.72. The molecule has 0 aliphatic carbocycles. The summed E-state index contributed by atoms with van der Waals surface area (Å²) in [5.74, 6) is 2.26. The van der Waals surface area contributed by atoms with Gasteiger partial charge in [0.05, 0.1) is 21.3 Å². The third-order valence-corrected chi connectivity index (χ3v) is 5.36. The van der Waals surface area contributed by atoms with Crippen LogP contribution in [0.2, 0.25) is 0 Å². The Balaban J connectivity index is 1.75. The zero-order chi connectivity index (χ0) is 19.4. The van der Waals surface area contributed by atoms with E-state index in [0.29, 0.717) is 6.04 Å². The molecule has 0 spiro atoms. The topological polar surface area (TPSA) is 34.2 Å². The maximum absolute atomic E-state index is 5.63. The van der Waals surface area contributed by atoms with E-state index in [1.807, 2.05) is 12.1 Å². The number of ether oxygens (including phenoxy) is 3. The Hall–Kier alpha value is -2.56. The van der Waals surface area contributed by atoms with E-state index in [2.05, 4.69) is 48.0 Å². The fraction of sp³-hybridized carbons (Fsp3) is 0.409. The number of hydrogen-bond donors (Lipinski definition) is 0. The zero-order valence-electron chi connectivity index (χ0n) is 16.7. The van der Waals surface area contributed by atoms with Gasteiger partial charge in [-0.25, -0.2) is 0 Å². The van der Waals surface area contributed by atoms with Crippen molar-refractivity contribution < 1.29 is 14.2 Å². The fourth-order valence-electron chi connectivity index (χ4n) is 3.74. The summed E-state index contributed by atoms with van der Waals surface area (Å²) in [4.78, 5) is 4.72. The quantitative estimate of drug-likeness (QED) is 0.769. The zero-order valence-corrected chi connectivity index (χ0v) is 16.7. The van der Waals surface area contributed by atoms with Gasteiger partial charge in [0.25, 0.3) is 0 Å². The van der Waals surface area contributed by atoms with Crippen LogP contribution in [0.1, 0.15) is 18.4 Å². The van der Waals surface area contributed by atoms with Gasteiger partial charge in [0.15, 0.2) is 0 Å². The SMILES string of the molecule is [CH2]c1ccc(N2CCC(N(C)c3c(OC)cc(OC)cc3OC)CC2)cc1. The van der Waals surface area contributed by atoms with E-state index in [1.54, 1.807) is 21.3 Å². The van der Waals surface area contributed by atoms with E-state index in [-0.39, 0.29) is 0 Å². The Bertz CT molecular complexity index is 728. The summed E-state index contributed by atoms with van der Waals surface area (Å²) < 4.78 is 16.6. The first-order valence-electron chi connectivity index (χ1n) is 9.27.